The van der Waals surface area contributed by atoms with E-state index in [4.69, 9.17) is 0 Å². The fourth-order valence-electron chi connectivity index (χ4n) is 3.47. The number of carbonyl (C=O) groups excluding carboxylic acids is 3. The number of hydrogen-bond donors (Lipinski definition) is 2. The lowest BCUT2D eigenvalue weighted by Crippen LogP contribution is -2.42. The lowest BCUT2D eigenvalue weighted by Gasteiger charge is -2.22. The maximum Gasteiger partial charge on any atom is 0.325 e. The molecule has 1 aliphatic heterocycles. The summed E-state index contributed by atoms with van der Waals surface area (Å²) in [5.41, 5.74) is 2.58. The molecule has 10 nitrogen and oxygen atoms in total. The number of aryl methyl sites for hydroxylation is 2. The molecule has 0 aliphatic carbocycles. The molecule has 1 unspecified atom stereocenters. The minimum atomic E-state index is -1.22. The van der Waals surface area contributed by atoms with Crippen LogP contribution in [0.4, 0.5) is 10.5 Å². The monoisotopic (exact) mass is 419 g/mol. The van der Waals surface area contributed by atoms with E-state index in [0.717, 1.165) is 16.0 Å². The molecule has 0 saturated carbocycles. The second-order valence-electron chi connectivity index (χ2n) is 7.62. The average molecular weight is 419 g/mol. The normalized spacial score (nSPS) is 18.2. The summed E-state index contributed by atoms with van der Waals surface area (Å²) < 4.78 is 1.48. The summed E-state index contributed by atoms with van der Waals surface area (Å²) in [5.74, 6) is -0.974. The van der Waals surface area contributed by atoms with Gasteiger partial charge < -0.3 is 10.6 Å². The van der Waals surface area contributed by atoms with Crippen molar-refractivity contribution in [3.63, 3.8) is 0 Å². The van der Waals surface area contributed by atoms with Crippen LogP contribution in [0.15, 0.2) is 48.8 Å². The Bertz CT molecular complexity index is 1160. The number of rotatable bonds is 5. The summed E-state index contributed by atoms with van der Waals surface area (Å²) in [6.45, 7) is 5.06. The Kier molecular flexibility index (Phi) is 4.97. The van der Waals surface area contributed by atoms with Crippen molar-refractivity contribution in [2.75, 3.05) is 11.9 Å². The largest absolute Gasteiger partial charge is 0.325 e. The van der Waals surface area contributed by atoms with Gasteiger partial charge in [-0.15, -0.1) is 5.10 Å². The van der Waals surface area contributed by atoms with Crippen LogP contribution in [0.25, 0.3) is 5.69 Å². The summed E-state index contributed by atoms with van der Waals surface area (Å²) in [6.07, 6.45) is 1.45. The van der Waals surface area contributed by atoms with E-state index >= 15 is 0 Å². The Balaban J connectivity index is 1.49. The fourth-order valence-corrected chi connectivity index (χ4v) is 3.47. The molecule has 0 spiro atoms. The van der Waals surface area contributed by atoms with E-state index in [1.54, 1.807) is 31.2 Å². The molecule has 2 aromatic carbocycles. The first kappa shape index (κ1) is 20.2. The van der Waals surface area contributed by atoms with Crippen molar-refractivity contribution >= 4 is 23.5 Å². The smallest absolute Gasteiger partial charge is 0.324 e. The molecule has 0 radical (unpaired) electrons. The molecule has 4 rings (SSSR count). The number of tetrazole rings is 1. The molecule has 10 heteroatoms. The van der Waals surface area contributed by atoms with Crippen molar-refractivity contribution in [2.45, 2.75) is 26.3 Å². The molecule has 1 aliphatic rings. The minimum Gasteiger partial charge on any atom is -0.324 e. The van der Waals surface area contributed by atoms with Crippen molar-refractivity contribution in [2.24, 2.45) is 0 Å². The number of urea groups is 1. The number of aromatic nitrogens is 4. The maximum absolute atomic E-state index is 13.0. The third kappa shape index (κ3) is 3.75. The molecule has 4 amide bonds. The van der Waals surface area contributed by atoms with Gasteiger partial charge in [-0.1, -0.05) is 35.9 Å². The molecule has 0 bridgehead atoms. The van der Waals surface area contributed by atoms with Gasteiger partial charge in [0.15, 0.2) is 0 Å². The lowest BCUT2D eigenvalue weighted by atomic mass is 9.91. The van der Waals surface area contributed by atoms with E-state index in [0.29, 0.717) is 16.9 Å². The molecule has 1 aromatic heterocycles. The first-order chi connectivity index (χ1) is 14.8. The van der Waals surface area contributed by atoms with E-state index in [1.807, 2.05) is 32.0 Å². The van der Waals surface area contributed by atoms with Gasteiger partial charge in [0.2, 0.25) is 5.91 Å². The third-order valence-electron chi connectivity index (χ3n) is 5.29. The second kappa shape index (κ2) is 7.63. The molecular formula is C21H21N7O3. The van der Waals surface area contributed by atoms with Gasteiger partial charge in [-0.05, 0) is 54.5 Å². The SMILES string of the molecule is Cc1ccc(C2(C)NC(=O)N(CC(=O)Nc3ccc(C)c(-n4cnnn4)c3)C2=O)cc1. The zero-order valence-corrected chi connectivity index (χ0v) is 17.3. The van der Waals surface area contributed by atoms with Crippen LogP contribution in [0.5, 0.6) is 0 Å². The number of nitrogens with one attached hydrogen (secondary N) is 2. The van der Waals surface area contributed by atoms with Crippen LogP contribution in [0.1, 0.15) is 23.6 Å². The van der Waals surface area contributed by atoms with E-state index < -0.39 is 29.9 Å². The first-order valence-electron chi connectivity index (χ1n) is 9.63. The number of nitrogens with zero attached hydrogens (tertiary/aromatic N) is 5. The third-order valence-corrected chi connectivity index (χ3v) is 5.29. The van der Waals surface area contributed by atoms with Crippen molar-refractivity contribution in [1.29, 1.82) is 0 Å². The molecule has 2 N–H and O–H groups in total. The van der Waals surface area contributed by atoms with E-state index in [2.05, 4.69) is 26.2 Å². The summed E-state index contributed by atoms with van der Waals surface area (Å²) >= 11 is 0. The molecular weight excluding hydrogens is 398 g/mol. The number of hydrogen-bond acceptors (Lipinski definition) is 6. The van der Waals surface area contributed by atoms with Gasteiger partial charge in [-0.3, -0.25) is 14.5 Å². The Hall–Kier alpha value is -4.08. The van der Waals surface area contributed by atoms with E-state index in [1.165, 1.54) is 11.0 Å². The number of amides is 4. The summed E-state index contributed by atoms with van der Waals surface area (Å²) in [6, 6.07) is 12.0. The standard InChI is InChI=1S/C21H21N7O3/c1-13-4-7-15(8-5-13)21(3)19(30)27(20(31)24-21)11-18(29)23-16-9-6-14(2)17(10-16)28-12-22-25-26-28/h4-10,12H,11H2,1-3H3,(H,23,29)(H,24,31). The Morgan fingerprint density at radius 2 is 1.87 bits per heavy atom. The quantitative estimate of drug-likeness (QED) is 0.607. The fraction of sp³-hybridized carbons (Fsp3) is 0.238. The molecule has 2 heterocycles. The van der Waals surface area contributed by atoms with Gasteiger partial charge in [-0.25, -0.2) is 9.48 Å². The van der Waals surface area contributed by atoms with Gasteiger partial charge in [0.1, 0.15) is 18.4 Å². The number of anilines is 1. The molecule has 1 atom stereocenters. The predicted molar refractivity (Wildman–Crippen MR) is 111 cm³/mol. The van der Waals surface area contributed by atoms with Crippen LogP contribution in [0.3, 0.4) is 0 Å². The maximum atomic E-state index is 13.0. The molecule has 3 aromatic rings. The van der Waals surface area contributed by atoms with Crippen LogP contribution < -0.4 is 10.6 Å². The van der Waals surface area contributed by atoms with Gasteiger partial charge in [0.25, 0.3) is 5.91 Å². The van der Waals surface area contributed by atoms with Crippen LogP contribution >= 0.6 is 0 Å². The highest BCUT2D eigenvalue weighted by Crippen LogP contribution is 2.29. The highest BCUT2D eigenvalue weighted by Gasteiger charge is 2.49. The van der Waals surface area contributed by atoms with E-state index in [-0.39, 0.29) is 0 Å². The van der Waals surface area contributed by atoms with Gasteiger partial charge >= 0.3 is 6.03 Å². The highest BCUT2D eigenvalue weighted by atomic mass is 16.2. The number of carbonyl (C=O) groups is 3. The Labute approximate surface area is 178 Å². The topological polar surface area (TPSA) is 122 Å². The highest BCUT2D eigenvalue weighted by molar-refractivity contribution is 6.10. The van der Waals surface area contributed by atoms with Crippen molar-refractivity contribution in [1.82, 2.24) is 30.4 Å². The number of imide groups is 1. The van der Waals surface area contributed by atoms with Gasteiger partial charge in [-0.2, -0.15) is 0 Å². The van der Waals surface area contributed by atoms with Gasteiger partial charge in [0.05, 0.1) is 5.69 Å². The minimum absolute atomic E-state index is 0.403. The van der Waals surface area contributed by atoms with Crippen LogP contribution in [0, 0.1) is 13.8 Å². The Morgan fingerprint density at radius 3 is 2.55 bits per heavy atom. The average Bonchev–Trinajstić information content (AvgIpc) is 3.34. The van der Waals surface area contributed by atoms with Crippen molar-refractivity contribution < 1.29 is 14.4 Å². The molecule has 158 valence electrons. The number of benzene rings is 2. The van der Waals surface area contributed by atoms with Crippen molar-refractivity contribution in [3.05, 3.63) is 65.5 Å². The molecule has 1 fully saturated rings. The molecule has 1 saturated heterocycles. The molecule has 31 heavy (non-hydrogen) atoms. The summed E-state index contributed by atoms with van der Waals surface area (Å²) in [5, 5.41) is 16.5. The zero-order chi connectivity index (χ0) is 22.2. The van der Waals surface area contributed by atoms with E-state index in [9.17, 15) is 14.4 Å². The van der Waals surface area contributed by atoms with Gasteiger partial charge in [0, 0.05) is 5.69 Å². The van der Waals surface area contributed by atoms with Crippen LogP contribution in [0.2, 0.25) is 0 Å². The lowest BCUT2D eigenvalue weighted by molar-refractivity contribution is -0.133. The summed E-state index contributed by atoms with van der Waals surface area (Å²) in [4.78, 5) is 39.0. The second-order valence-corrected chi connectivity index (χ2v) is 7.62. The van der Waals surface area contributed by atoms with Crippen LogP contribution in [-0.2, 0) is 15.1 Å². The van der Waals surface area contributed by atoms with Crippen molar-refractivity contribution in [3.8, 4) is 5.69 Å². The predicted octanol–water partition coefficient (Wildman–Crippen LogP) is 1.68. The van der Waals surface area contributed by atoms with Crippen LogP contribution in [-0.4, -0.2) is 49.5 Å². The Morgan fingerprint density at radius 1 is 1.13 bits per heavy atom. The summed E-state index contributed by atoms with van der Waals surface area (Å²) in [7, 11) is 0. The first-order valence-corrected chi connectivity index (χ1v) is 9.63. The zero-order valence-electron chi connectivity index (χ0n) is 17.3.